The van der Waals surface area contributed by atoms with Crippen LogP contribution in [0.25, 0.3) is 0 Å². The van der Waals surface area contributed by atoms with Crippen LogP contribution in [0.2, 0.25) is 0 Å². The van der Waals surface area contributed by atoms with E-state index < -0.39 is 0 Å². The molecule has 1 heterocycles. The van der Waals surface area contributed by atoms with Crippen molar-refractivity contribution in [2.45, 2.75) is 33.0 Å². The van der Waals surface area contributed by atoms with Gasteiger partial charge in [0.15, 0.2) is 0 Å². The van der Waals surface area contributed by atoms with Crippen LogP contribution in [0.5, 0.6) is 0 Å². The SMILES string of the molecule is Cc1ccc(Br)c(C(=O)N2C[C@@H](C)O[C@@H](C)C2)c1. The summed E-state index contributed by atoms with van der Waals surface area (Å²) < 4.78 is 6.50. The Hall–Kier alpha value is -0.870. The van der Waals surface area contributed by atoms with Crippen LogP contribution in [0, 0.1) is 6.92 Å². The summed E-state index contributed by atoms with van der Waals surface area (Å²) >= 11 is 3.45. The van der Waals surface area contributed by atoms with Gasteiger partial charge in [-0.2, -0.15) is 0 Å². The number of ether oxygens (including phenoxy) is 1. The minimum absolute atomic E-state index is 0.0765. The van der Waals surface area contributed by atoms with Crippen molar-refractivity contribution in [3.8, 4) is 0 Å². The van der Waals surface area contributed by atoms with Gasteiger partial charge in [0, 0.05) is 17.6 Å². The van der Waals surface area contributed by atoms with E-state index in [4.69, 9.17) is 4.74 Å². The fourth-order valence-corrected chi connectivity index (χ4v) is 2.73. The highest BCUT2D eigenvalue weighted by Crippen LogP contribution is 2.22. The average molecular weight is 312 g/mol. The summed E-state index contributed by atoms with van der Waals surface area (Å²) in [4.78, 5) is 14.4. The predicted molar refractivity (Wildman–Crippen MR) is 74.8 cm³/mol. The van der Waals surface area contributed by atoms with Crippen molar-refractivity contribution < 1.29 is 9.53 Å². The number of carbonyl (C=O) groups is 1. The maximum Gasteiger partial charge on any atom is 0.255 e. The number of rotatable bonds is 1. The largest absolute Gasteiger partial charge is 0.372 e. The number of halogens is 1. The third-order valence-corrected chi connectivity index (χ3v) is 3.75. The Morgan fingerprint density at radius 3 is 2.56 bits per heavy atom. The molecule has 2 rings (SSSR count). The van der Waals surface area contributed by atoms with Crippen molar-refractivity contribution in [2.24, 2.45) is 0 Å². The number of hydrogen-bond acceptors (Lipinski definition) is 2. The molecule has 0 unspecified atom stereocenters. The highest BCUT2D eigenvalue weighted by molar-refractivity contribution is 9.10. The van der Waals surface area contributed by atoms with E-state index in [0.29, 0.717) is 13.1 Å². The summed E-state index contributed by atoms with van der Waals surface area (Å²) in [5.41, 5.74) is 1.83. The van der Waals surface area contributed by atoms with Gasteiger partial charge in [-0.25, -0.2) is 0 Å². The second-order valence-electron chi connectivity index (χ2n) is 4.95. The van der Waals surface area contributed by atoms with E-state index in [1.807, 2.05) is 43.9 Å². The molecule has 1 aliphatic heterocycles. The molecule has 0 saturated carbocycles. The Morgan fingerprint density at radius 2 is 1.94 bits per heavy atom. The summed E-state index contributed by atoms with van der Waals surface area (Å²) in [6.07, 6.45) is 0.197. The standard InChI is InChI=1S/C14H18BrNO2/c1-9-4-5-13(15)12(6-9)14(17)16-7-10(2)18-11(3)8-16/h4-6,10-11H,7-8H2,1-3H3/t10-,11+. The van der Waals surface area contributed by atoms with Crippen molar-refractivity contribution in [2.75, 3.05) is 13.1 Å². The zero-order chi connectivity index (χ0) is 13.3. The quantitative estimate of drug-likeness (QED) is 0.798. The van der Waals surface area contributed by atoms with Crippen LogP contribution in [0.4, 0.5) is 0 Å². The number of benzene rings is 1. The highest BCUT2D eigenvalue weighted by atomic mass is 79.9. The molecule has 4 heteroatoms. The number of amides is 1. The number of aryl methyl sites for hydroxylation is 1. The Kier molecular flexibility index (Phi) is 4.07. The van der Waals surface area contributed by atoms with Crippen molar-refractivity contribution in [1.82, 2.24) is 4.90 Å². The van der Waals surface area contributed by atoms with Crippen LogP contribution in [0.3, 0.4) is 0 Å². The van der Waals surface area contributed by atoms with E-state index in [1.54, 1.807) is 0 Å². The molecule has 0 radical (unpaired) electrons. The normalized spacial score (nSPS) is 24.1. The Labute approximate surface area is 116 Å². The minimum Gasteiger partial charge on any atom is -0.372 e. The van der Waals surface area contributed by atoms with Gasteiger partial charge in [-0.3, -0.25) is 4.79 Å². The van der Waals surface area contributed by atoms with Gasteiger partial charge in [0.25, 0.3) is 5.91 Å². The molecule has 0 aliphatic carbocycles. The van der Waals surface area contributed by atoms with Crippen LogP contribution in [0.1, 0.15) is 29.8 Å². The second-order valence-corrected chi connectivity index (χ2v) is 5.81. The van der Waals surface area contributed by atoms with Crippen molar-refractivity contribution in [3.63, 3.8) is 0 Å². The van der Waals surface area contributed by atoms with Crippen LogP contribution >= 0.6 is 15.9 Å². The zero-order valence-electron chi connectivity index (χ0n) is 10.9. The predicted octanol–water partition coefficient (Wildman–Crippen LogP) is 3.01. The van der Waals surface area contributed by atoms with Crippen LogP contribution in [-0.4, -0.2) is 36.1 Å². The lowest BCUT2D eigenvalue weighted by Crippen LogP contribution is -2.48. The smallest absolute Gasteiger partial charge is 0.255 e. The van der Waals surface area contributed by atoms with E-state index in [0.717, 1.165) is 15.6 Å². The van der Waals surface area contributed by atoms with Crippen molar-refractivity contribution in [1.29, 1.82) is 0 Å². The van der Waals surface area contributed by atoms with E-state index in [1.165, 1.54) is 0 Å². The summed E-state index contributed by atoms with van der Waals surface area (Å²) in [7, 11) is 0. The fourth-order valence-electron chi connectivity index (χ4n) is 2.32. The lowest BCUT2D eigenvalue weighted by Gasteiger charge is -2.35. The van der Waals surface area contributed by atoms with Gasteiger partial charge in [-0.15, -0.1) is 0 Å². The summed E-state index contributed by atoms with van der Waals surface area (Å²) in [6.45, 7) is 7.31. The molecule has 98 valence electrons. The zero-order valence-corrected chi connectivity index (χ0v) is 12.5. The summed E-state index contributed by atoms with van der Waals surface area (Å²) in [5, 5.41) is 0. The molecule has 0 spiro atoms. The van der Waals surface area contributed by atoms with E-state index in [2.05, 4.69) is 15.9 Å². The maximum absolute atomic E-state index is 12.5. The van der Waals surface area contributed by atoms with Gasteiger partial charge in [0.2, 0.25) is 0 Å². The molecule has 0 aromatic heterocycles. The molecule has 0 bridgehead atoms. The van der Waals surface area contributed by atoms with Gasteiger partial charge in [0.1, 0.15) is 0 Å². The minimum atomic E-state index is 0.0765. The molecule has 3 nitrogen and oxygen atoms in total. The number of hydrogen-bond donors (Lipinski definition) is 0. The first-order valence-electron chi connectivity index (χ1n) is 6.18. The molecule has 1 saturated heterocycles. The molecule has 1 aromatic rings. The molecular formula is C14H18BrNO2. The molecule has 2 atom stereocenters. The lowest BCUT2D eigenvalue weighted by molar-refractivity contribution is -0.0586. The Morgan fingerprint density at radius 1 is 1.33 bits per heavy atom. The van der Waals surface area contributed by atoms with Gasteiger partial charge < -0.3 is 9.64 Å². The molecule has 0 N–H and O–H groups in total. The van der Waals surface area contributed by atoms with Gasteiger partial charge in [-0.1, -0.05) is 11.6 Å². The van der Waals surface area contributed by atoms with Crippen LogP contribution in [0.15, 0.2) is 22.7 Å². The van der Waals surface area contributed by atoms with Gasteiger partial charge >= 0.3 is 0 Å². The lowest BCUT2D eigenvalue weighted by atomic mass is 10.1. The maximum atomic E-state index is 12.5. The molecule has 1 aromatic carbocycles. The molecule has 1 fully saturated rings. The third-order valence-electron chi connectivity index (χ3n) is 3.06. The van der Waals surface area contributed by atoms with Crippen molar-refractivity contribution in [3.05, 3.63) is 33.8 Å². The first-order valence-corrected chi connectivity index (χ1v) is 6.97. The van der Waals surface area contributed by atoms with Gasteiger partial charge in [-0.05, 0) is 48.8 Å². The van der Waals surface area contributed by atoms with Crippen LogP contribution < -0.4 is 0 Å². The molecule has 1 amide bonds. The first kappa shape index (κ1) is 13.6. The number of nitrogens with zero attached hydrogens (tertiary/aromatic N) is 1. The topological polar surface area (TPSA) is 29.5 Å². The van der Waals surface area contributed by atoms with E-state index >= 15 is 0 Å². The first-order chi connectivity index (χ1) is 8.47. The van der Waals surface area contributed by atoms with Gasteiger partial charge in [0.05, 0.1) is 17.8 Å². The van der Waals surface area contributed by atoms with Crippen molar-refractivity contribution >= 4 is 21.8 Å². The monoisotopic (exact) mass is 311 g/mol. The van der Waals surface area contributed by atoms with E-state index in [-0.39, 0.29) is 18.1 Å². The number of carbonyl (C=O) groups excluding carboxylic acids is 1. The molecular weight excluding hydrogens is 294 g/mol. The van der Waals surface area contributed by atoms with Crippen LogP contribution in [-0.2, 0) is 4.74 Å². The number of morpholine rings is 1. The Balaban J connectivity index is 2.22. The summed E-state index contributed by atoms with van der Waals surface area (Å²) in [5.74, 6) is 0.0765. The van der Waals surface area contributed by atoms with E-state index in [9.17, 15) is 4.79 Å². The Bertz CT molecular complexity index is 451. The summed E-state index contributed by atoms with van der Waals surface area (Å²) in [6, 6.07) is 5.85. The molecule has 18 heavy (non-hydrogen) atoms. The third kappa shape index (κ3) is 2.93. The highest BCUT2D eigenvalue weighted by Gasteiger charge is 2.27. The second kappa shape index (κ2) is 5.41. The molecule has 1 aliphatic rings. The average Bonchev–Trinajstić information content (AvgIpc) is 2.30. The fraction of sp³-hybridized carbons (Fsp3) is 0.500.